The maximum atomic E-state index is 10.2. The maximum Gasteiger partial charge on any atom is 0.124 e. The number of aromatic hydroxyl groups is 4. The summed E-state index contributed by atoms with van der Waals surface area (Å²) in [5, 5.41) is 40.6. The van der Waals surface area contributed by atoms with Crippen LogP contribution < -0.4 is 0 Å². The third kappa shape index (κ3) is 5.42. The summed E-state index contributed by atoms with van der Waals surface area (Å²) in [5.41, 5.74) is 2.45. The van der Waals surface area contributed by atoms with Gasteiger partial charge in [0.15, 0.2) is 0 Å². The van der Waals surface area contributed by atoms with Gasteiger partial charge in [-0.15, -0.1) is 0 Å². The second-order valence-electron chi connectivity index (χ2n) is 7.75. The summed E-state index contributed by atoms with van der Waals surface area (Å²) in [6.45, 7) is 0. The van der Waals surface area contributed by atoms with Crippen LogP contribution >= 0.6 is 0 Å². The molecule has 0 spiro atoms. The van der Waals surface area contributed by atoms with E-state index in [-0.39, 0.29) is 23.0 Å². The van der Waals surface area contributed by atoms with Crippen molar-refractivity contribution in [1.82, 2.24) is 0 Å². The minimum Gasteiger partial charge on any atom is -0.508 e. The fourth-order valence-corrected chi connectivity index (χ4v) is 3.63. The van der Waals surface area contributed by atoms with Crippen LogP contribution in [0.4, 0.5) is 0 Å². The molecule has 4 aromatic rings. The lowest BCUT2D eigenvalue weighted by Gasteiger charge is -2.22. The van der Waals surface area contributed by atoms with Crippen molar-refractivity contribution >= 4 is 12.4 Å². The molecule has 0 aromatic heterocycles. The van der Waals surface area contributed by atoms with Crippen LogP contribution in [-0.4, -0.2) is 32.9 Å². The Morgan fingerprint density at radius 3 is 1.29 bits per heavy atom. The molecule has 34 heavy (non-hydrogen) atoms. The van der Waals surface area contributed by atoms with E-state index in [0.29, 0.717) is 22.3 Å². The van der Waals surface area contributed by atoms with Crippen molar-refractivity contribution in [2.75, 3.05) is 0 Å². The highest BCUT2D eigenvalue weighted by Gasteiger charge is 2.24. The lowest BCUT2D eigenvalue weighted by Crippen LogP contribution is -2.09. The molecule has 4 N–H and O–H groups in total. The van der Waals surface area contributed by atoms with Crippen LogP contribution in [0.5, 0.6) is 23.0 Å². The fraction of sp³-hybridized carbons (Fsp3) is 0.0714. The van der Waals surface area contributed by atoms with E-state index in [4.69, 9.17) is 9.98 Å². The predicted octanol–water partition coefficient (Wildman–Crippen LogP) is 5.53. The molecule has 0 amide bonds. The summed E-state index contributed by atoms with van der Waals surface area (Å²) in [5.74, 6) is 0.347. The van der Waals surface area contributed by atoms with E-state index in [0.717, 1.165) is 0 Å². The van der Waals surface area contributed by atoms with Gasteiger partial charge < -0.3 is 20.4 Å². The minimum atomic E-state index is -0.615. The molecule has 170 valence electrons. The molecule has 2 unspecified atom stereocenters. The van der Waals surface area contributed by atoms with Gasteiger partial charge >= 0.3 is 0 Å². The number of phenols is 4. The zero-order chi connectivity index (χ0) is 23.9. The summed E-state index contributed by atoms with van der Waals surface area (Å²) in [6.07, 6.45) is 3.13. The Hall–Kier alpha value is -4.58. The van der Waals surface area contributed by atoms with Crippen LogP contribution in [0.3, 0.4) is 0 Å². The molecule has 0 aliphatic carbocycles. The minimum absolute atomic E-state index is 0.0830. The van der Waals surface area contributed by atoms with Gasteiger partial charge in [-0.05, 0) is 59.7 Å². The number of para-hydroxylation sites is 2. The van der Waals surface area contributed by atoms with E-state index in [2.05, 4.69) is 0 Å². The van der Waals surface area contributed by atoms with Crippen LogP contribution in [0, 0.1) is 0 Å². The van der Waals surface area contributed by atoms with Crippen LogP contribution in [0.1, 0.15) is 34.3 Å². The standard InChI is InChI=1S/C28H24N2O4/c31-23-11-5-9-19(15-23)27(29-17-21-7-1-3-13-25(21)33)28(20-10-6-12-24(32)16-20)30-18-22-8-2-4-14-26(22)34/h1-18,27-28,31-34H. The van der Waals surface area contributed by atoms with Crippen LogP contribution in [0.2, 0.25) is 0 Å². The Morgan fingerprint density at radius 1 is 0.500 bits per heavy atom. The summed E-state index contributed by atoms with van der Waals surface area (Å²) < 4.78 is 0. The molecule has 0 fully saturated rings. The molecule has 4 rings (SSSR count). The molecule has 6 nitrogen and oxygen atoms in total. The molecular formula is C28H24N2O4. The van der Waals surface area contributed by atoms with Crippen molar-refractivity contribution in [3.63, 3.8) is 0 Å². The number of phenolic OH excluding ortho intramolecular Hbond substituents is 4. The van der Waals surface area contributed by atoms with Crippen molar-refractivity contribution in [3.8, 4) is 23.0 Å². The van der Waals surface area contributed by atoms with E-state index >= 15 is 0 Å². The molecule has 0 heterocycles. The largest absolute Gasteiger partial charge is 0.508 e. The Bertz CT molecular complexity index is 1230. The molecule has 0 bridgehead atoms. The SMILES string of the molecule is Oc1cccc(C(N=Cc2ccccc2O)C(N=Cc2ccccc2O)c2cccc(O)c2)c1. The second-order valence-corrected chi connectivity index (χ2v) is 7.75. The molecule has 0 aliphatic rings. The normalized spacial score (nSPS) is 13.3. The monoisotopic (exact) mass is 452 g/mol. The maximum absolute atomic E-state index is 10.2. The van der Waals surface area contributed by atoms with Crippen molar-refractivity contribution in [1.29, 1.82) is 0 Å². The average molecular weight is 453 g/mol. The van der Waals surface area contributed by atoms with Crippen molar-refractivity contribution in [3.05, 3.63) is 119 Å². The number of hydrogen-bond acceptors (Lipinski definition) is 6. The van der Waals surface area contributed by atoms with Crippen molar-refractivity contribution in [2.45, 2.75) is 12.1 Å². The molecule has 2 atom stereocenters. The third-order valence-electron chi connectivity index (χ3n) is 5.34. The molecule has 0 aliphatic heterocycles. The van der Waals surface area contributed by atoms with Gasteiger partial charge in [-0.1, -0.05) is 48.5 Å². The molecule has 6 heteroatoms. The second kappa shape index (κ2) is 10.4. The Kier molecular flexibility index (Phi) is 6.89. The summed E-state index contributed by atoms with van der Waals surface area (Å²) in [6, 6.07) is 25.9. The fourth-order valence-electron chi connectivity index (χ4n) is 3.63. The number of hydrogen-bond donors (Lipinski definition) is 4. The molecule has 0 saturated heterocycles. The van der Waals surface area contributed by atoms with Gasteiger partial charge in [-0.25, -0.2) is 0 Å². The summed E-state index contributed by atoms with van der Waals surface area (Å²) in [4.78, 5) is 9.51. The number of nitrogens with zero attached hydrogens (tertiary/aromatic N) is 2. The van der Waals surface area contributed by atoms with Crippen molar-refractivity contribution in [2.24, 2.45) is 9.98 Å². The zero-order valence-corrected chi connectivity index (χ0v) is 18.2. The van der Waals surface area contributed by atoms with Gasteiger partial charge in [0.25, 0.3) is 0 Å². The van der Waals surface area contributed by atoms with Crippen LogP contribution in [0.25, 0.3) is 0 Å². The molecule has 0 saturated carbocycles. The van der Waals surface area contributed by atoms with E-state index in [9.17, 15) is 20.4 Å². The van der Waals surface area contributed by atoms with Gasteiger partial charge in [0, 0.05) is 23.6 Å². The first kappa shape index (κ1) is 22.6. The lowest BCUT2D eigenvalue weighted by atomic mass is 9.93. The van der Waals surface area contributed by atoms with Gasteiger partial charge in [0.05, 0.1) is 0 Å². The summed E-state index contributed by atoms with van der Waals surface area (Å²) >= 11 is 0. The quantitative estimate of drug-likeness (QED) is 0.277. The molecule has 0 radical (unpaired) electrons. The smallest absolute Gasteiger partial charge is 0.124 e. The predicted molar refractivity (Wildman–Crippen MR) is 133 cm³/mol. The van der Waals surface area contributed by atoms with E-state index in [1.165, 1.54) is 0 Å². The van der Waals surface area contributed by atoms with Gasteiger partial charge in [0.2, 0.25) is 0 Å². The van der Waals surface area contributed by atoms with Gasteiger partial charge in [-0.2, -0.15) is 0 Å². The Balaban J connectivity index is 1.84. The first-order chi connectivity index (χ1) is 16.5. The first-order valence-corrected chi connectivity index (χ1v) is 10.7. The number of aliphatic imine (C=N–C) groups is 2. The van der Waals surface area contributed by atoms with Gasteiger partial charge in [-0.3, -0.25) is 9.98 Å². The number of rotatable bonds is 7. The average Bonchev–Trinajstić information content (AvgIpc) is 2.83. The van der Waals surface area contributed by atoms with Crippen molar-refractivity contribution < 1.29 is 20.4 Å². The molecule has 4 aromatic carbocycles. The van der Waals surface area contributed by atoms with Gasteiger partial charge in [0.1, 0.15) is 35.1 Å². The highest BCUT2D eigenvalue weighted by atomic mass is 16.3. The Labute approximate surface area is 197 Å². The van der Waals surface area contributed by atoms with Crippen LogP contribution in [-0.2, 0) is 0 Å². The first-order valence-electron chi connectivity index (χ1n) is 10.7. The van der Waals surface area contributed by atoms with Crippen LogP contribution in [0.15, 0.2) is 107 Å². The number of benzene rings is 4. The van der Waals surface area contributed by atoms with E-state index < -0.39 is 12.1 Å². The van der Waals surface area contributed by atoms with E-state index in [1.807, 2.05) is 12.1 Å². The third-order valence-corrected chi connectivity index (χ3v) is 5.34. The highest BCUT2D eigenvalue weighted by Crippen LogP contribution is 2.38. The lowest BCUT2D eigenvalue weighted by molar-refractivity contribution is 0.468. The molecular weight excluding hydrogens is 428 g/mol. The highest BCUT2D eigenvalue weighted by molar-refractivity contribution is 5.84. The topological polar surface area (TPSA) is 106 Å². The van der Waals surface area contributed by atoms with E-state index in [1.54, 1.807) is 97.4 Å². The summed E-state index contributed by atoms with van der Waals surface area (Å²) in [7, 11) is 0. The Morgan fingerprint density at radius 2 is 0.912 bits per heavy atom. The zero-order valence-electron chi connectivity index (χ0n) is 18.2.